The molecule has 0 aromatic heterocycles. The SMILES string of the molecule is CP(=O)(O)C[C@H](F)CN.O=S(=O)(O)c1ccc2ccccc2c1. The van der Waals surface area contributed by atoms with Gasteiger partial charge in [-0.3, -0.25) is 9.12 Å². The van der Waals surface area contributed by atoms with Crippen LogP contribution in [0.2, 0.25) is 0 Å². The molecule has 0 saturated heterocycles. The molecule has 0 aliphatic rings. The van der Waals surface area contributed by atoms with Gasteiger partial charge in [-0.25, -0.2) is 4.39 Å². The minimum absolute atomic E-state index is 0.0730. The summed E-state index contributed by atoms with van der Waals surface area (Å²) in [5.41, 5.74) is 4.87. The van der Waals surface area contributed by atoms with Gasteiger partial charge in [0.2, 0.25) is 7.37 Å². The topological polar surface area (TPSA) is 118 Å². The first kappa shape index (κ1) is 19.7. The number of hydrogen-bond donors (Lipinski definition) is 3. The highest BCUT2D eigenvalue weighted by Crippen LogP contribution is 2.36. The van der Waals surface area contributed by atoms with Crippen molar-refractivity contribution in [3.63, 3.8) is 0 Å². The summed E-state index contributed by atoms with van der Waals surface area (Å²) in [5.74, 6) is 0. The Kier molecular flexibility index (Phi) is 6.85. The molecule has 6 nitrogen and oxygen atoms in total. The maximum absolute atomic E-state index is 12.2. The molecule has 2 aromatic carbocycles. The monoisotopic (exact) mass is 363 g/mol. The van der Waals surface area contributed by atoms with Crippen LogP contribution in [0.15, 0.2) is 47.4 Å². The number of nitrogens with two attached hydrogens (primary N) is 1. The third kappa shape index (κ3) is 7.20. The summed E-state index contributed by atoms with van der Waals surface area (Å²) in [5, 5.41) is 1.74. The van der Waals surface area contributed by atoms with Crippen LogP contribution in [-0.2, 0) is 14.7 Å². The van der Waals surface area contributed by atoms with Crippen LogP contribution in [0.3, 0.4) is 0 Å². The molecule has 23 heavy (non-hydrogen) atoms. The fourth-order valence-corrected chi connectivity index (χ4v) is 3.17. The Hall–Kier alpha value is -1.31. The first-order valence-corrected chi connectivity index (χ1v) is 10.4. The molecule has 0 amide bonds. The van der Waals surface area contributed by atoms with E-state index in [9.17, 15) is 17.4 Å². The molecule has 1 unspecified atom stereocenters. The maximum atomic E-state index is 12.2. The van der Waals surface area contributed by atoms with Crippen molar-refractivity contribution in [1.29, 1.82) is 0 Å². The second kappa shape index (κ2) is 7.99. The van der Waals surface area contributed by atoms with Crippen molar-refractivity contribution in [2.24, 2.45) is 5.73 Å². The van der Waals surface area contributed by atoms with Gasteiger partial charge < -0.3 is 10.6 Å². The van der Waals surface area contributed by atoms with Gasteiger partial charge in [-0.1, -0.05) is 30.3 Å². The Balaban J connectivity index is 0.000000257. The van der Waals surface area contributed by atoms with Crippen LogP contribution in [0.1, 0.15) is 0 Å². The Morgan fingerprint density at radius 1 is 1.22 bits per heavy atom. The average Bonchev–Trinajstić information content (AvgIpc) is 2.44. The van der Waals surface area contributed by atoms with Crippen molar-refractivity contribution >= 4 is 28.3 Å². The third-order valence-electron chi connectivity index (χ3n) is 2.81. The van der Waals surface area contributed by atoms with E-state index in [2.05, 4.69) is 0 Å². The van der Waals surface area contributed by atoms with E-state index in [0.29, 0.717) is 0 Å². The first-order chi connectivity index (χ1) is 10.5. The lowest BCUT2D eigenvalue weighted by atomic mass is 10.1. The average molecular weight is 363 g/mol. The zero-order valence-electron chi connectivity index (χ0n) is 12.5. The Bertz CT molecular complexity index is 806. The lowest BCUT2D eigenvalue weighted by Crippen LogP contribution is -2.18. The van der Waals surface area contributed by atoms with E-state index >= 15 is 0 Å². The van der Waals surface area contributed by atoms with Crippen LogP contribution in [0.4, 0.5) is 4.39 Å². The minimum Gasteiger partial charge on any atom is -0.344 e. The molecule has 0 fully saturated rings. The van der Waals surface area contributed by atoms with Gasteiger partial charge in [-0.2, -0.15) is 8.42 Å². The quantitative estimate of drug-likeness (QED) is 0.567. The van der Waals surface area contributed by atoms with E-state index < -0.39 is 23.7 Å². The molecule has 0 aliphatic carbocycles. The minimum atomic E-state index is -4.09. The van der Waals surface area contributed by atoms with E-state index in [1.165, 1.54) is 12.1 Å². The van der Waals surface area contributed by atoms with E-state index in [4.69, 9.17) is 15.2 Å². The molecule has 2 atom stereocenters. The van der Waals surface area contributed by atoms with Crippen molar-refractivity contribution in [2.75, 3.05) is 19.4 Å². The highest BCUT2D eigenvalue weighted by atomic mass is 32.2. The Morgan fingerprint density at radius 2 is 1.78 bits per heavy atom. The summed E-state index contributed by atoms with van der Waals surface area (Å²) in [4.78, 5) is 8.51. The van der Waals surface area contributed by atoms with Gasteiger partial charge in [0.1, 0.15) is 6.17 Å². The van der Waals surface area contributed by atoms with Crippen molar-refractivity contribution in [3.8, 4) is 0 Å². The predicted molar refractivity (Wildman–Crippen MR) is 88.3 cm³/mol. The Labute approximate surface area is 134 Å². The van der Waals surface area contributed by atoms with Gasteiger partial charge in [0.15, 0.2) is 0 Å². The van der Waals surface area contributed by atoms with Gasteiger partial charge in [0.25, 0.3) is 10.1 Å². The molecule has 0 radical (unpaired) electrons. The number of fused-ring (bicyclic) bond motifs is 1. The van der Waals surface area contributed by atoms with Crippen LogP contribution in [0.5, 0.6) is 0 Å². The summed E-state index contributed by atoms with van der Waals surface area (Å²) in [6.45, 7) is 0.938. The summed E-state index contributed by atoms with van der Waals surface area (Å²) < 4.78 is 53.1. The fourth-order valence-electron chi connectivity index (χ4n) is 1.77. The standard InChI is InChI=1S/C10H8O3S.C4H11FNO2P/c11-14(12,13)10-6-5-8-3-1-2-4-9(8)7-10;1-9(7,8)3-4(5)2-6/h1-7H,(H,11,12,13);4H,2-3,6H2,1H3,(H,7,8)/t;4-/m.1/s1. The molecular formula is C14H19FNO5PS. The van der Waals surface area contributed by atoms with Crippen molar-refractivity contribution < 1.29 is 26.8 Å². The van der Waals surface area contributed by atoms with E-state index in [0.717, 1.165) is 17.4 Å². The predicted octanol–water partition coefficient (Wildman–Crippen LogP) is 2.27. The zero-order chi connectivity index (χ0) is 17.7. The Morgan fingerprint density at radius 3 is 2.22 bits per heavy atom. The highest BCUT2D eigenvalue weighted by molar-refractivity contribution is 7.85. The van der Waals surface area contributed by atoms with Gasteiger partial charge in [-0.15, -0.1) is 0 Å². The number of halogens is 1. The lowest BCUT2D eigenvalue weighted by Gasteiger charge is -2.06. The third-order valence-corrected chi connectivity index (χ3v) is 4.73. The molecule has 2 rings (SSSR count). The molecule has 0 heterocycles. The van der Waals surface area contributed by atoms with Crippen molar-refractivity contribution in [2.45, 2.75) is 11.1 Å². The second-order valence-electron chi connectivity index (χ2n) is 5.05. The normalized spacial score (nSPS) is 15.3. The molecule has 0 bridgehead atoms. The highest BCUT2D eigenvalue weighted by Gasteiger charge is 2.16. The van der Waals surface area contributed by atoms with E-state index in [1.54, 1.807) is 12.1 Å². The number of benzene rings is 2. The van der Waals surface area contributed by atoms with Crippen LogP contribution in [0.25, 0.3) is 10.8 Å². The van der Waals surface area contributed by atoms with Crippen molar-refractivity contribution in [3.05, 3.63) is 42.5 Å². The smallest absolute Gasteiger partial charge is 0.294 e. The lowest BCUT2D eigenvalue weighted by molar-refractivity contribution is 0.360. The van der Waals surface area contributed by atoms with Crippen LogP contribution in [0, 0.1) is 0 Å². The summed E-state index contributed by atoms with van der Waals surface area (Å²) in [6, 6.07) is 11.9. The molecule has 4 N–H and O–H groups in total. The fraction of sp³-hybridized carbons (Fsp3) is 0.286. The van der Waals surface area contributed by atoms with Crippen molar-refractivity contribution in [1.82, 2.24) is 0 Å². The van der Waals surface area contributed by atoms with Gasteiger partial charge in [-0.05, 0) is 22.9 Å². The number of hydrogen-bond acceptors (Lipinski definition) is 4. The van der Waals surface area contributed by atoms with E-state index in [-0.39, 0.29) is 17.6 Å². The molecule has 9 heteroatoms. The van der Waals surface area contributed by atoms with E-state index in [1.807, 2.05) is 18.2 Å². The van der Waals surface area contributed by atoms with Crippen LogP contribution < -0.4 is 5.73 Å². The molecule has 0 aliphatic heterocycles. The summed E-state index contributed by atoms with van der Waals surface area (Å²) >= 11 is 0. The largest absolute Gasteiger partial charge is 0.344 e. The second-order valence-corrected chi connectivity index (χ2v) is 8.94. The molecular weight excluding hydrogens is 344 g/mol. The van der Waals surface area contributed by atoms with Crippen LogP contribution in [-0.4, -0.2) is 43.4 Å². The number of rotatable bonds is 4. The summed E-state index contributed by atoms with van der Waals surface area (Å²) in [6.07, 6.45) is -1.67. The summed E-state index contributed by atoms with van der Waals surface area (Å²) in [7, 11) is -7.29. The molecule has 0 saturated carbocycles. The van der Waals surface area contributed by atoms with Gasteiger partial charge in [0.05, 0.1) is 11.1 Å². The number of alkyl halides is 1. The van der Waals surface area contributed by atoms with Crippen LogP contribution >= 0.6 is 7.37 Å². The maximum Gasteiger partial charge on any atom is 0.294 e. The first-order valence-electron chi connectivity index (χ1n) is 6.62. The van der Waals surface area contributed by atoms with Gasteiger partial charge in [0, 0.05) is 13.2 Å². The zero-order valence-corrected chi connectivity index (χ0v) is 14.2. The molecule has 0 spiro atoms. The van der Waals surface area contributed by atoms with Gasteiger partial charge >= 0.3 is 0 Å². The molecule has 2 aromatic rings. The molecule has 128 valence electrons.